The Morgan fingerprint density at radius 1 is 0.333 bits per heavy atom. The smallest absolute Gasteiger partial charge is 0.306 e. The third-order valence-corrected chi connectivity index (χ3v) is 9.00. The molecule has 0 aromatic rings. The molecule has 0 fully saturated rings. The zero-order valence-electron chi connectivity index (χ0n) is 33.5. The van der Waals surface area contributed by atoms with Gasteiger partial charge in [-0.2, -0.15) is 0 Å². The largest absolute Gasteiger partial charge is 0.462 e. The molecule has 9 nitrogen and oxygen atoms in total. The fraction of sp³-hybridized carbons (Fsp3) is 0.905. The molecule has 0 amide bonds. The number of hydrogen-bond acceptors (Lipinski definition) is 9. The maximum Gasteiger partial charge on any atom is 0.306 e. The van der Waals surface area contributed by atoms with Crippen molar-refractivity contribution < 1.29 is 42.9 Å². The number of rotatable bonds is 38. The second-order valence-electron chi connectivity index (χ2n) is 14.2. The van der Waals surface area contributed by atoms with E-state index in [9.17, 15) is 19.2 Å². The molecule has 0 saturated carbocycles. The molecule has 0 aliphatic rings. The molecule has 0 aromatic heterocycles. The van der Waals surface area contributed by atoms with Crippen molar-refractivity contribution in [2.24, 2.45) is 0 Å². The number of unbranched alkanes of at least 4 members (excludes halogenated alkanes) is 20. The van der Waals surface area contributed by atoms with Crippen LogP contribution in [0.3, 0.4) is 0 Å². The zero-order valence-corrected chi connectivity index (χ0v) is 33.5. The lowest BCUT2D eigenvalue weighted by atomic mass is 10.1. The molecule has 2 atom stereocenters. The van der Waals surface area contributed by atoms with Gasteiger partial charge in [0.1, 0.15) is 13.2 Å². The van der Waals surface area contributed by atoms with Crippen molar-refractivity contribution in [1.82, 2.24) is 0 Å². The number of carbonyl (C=O) groups excluding carboxylic acids is 4. The summed E-state index contributed by atoms with van der Waals surface area (Å²) in [4.78, 5) is 50.3. The van der Waals surface area contributed by atoms with E-state index < -0.39 is 12.2 Å². The Morgan fingerprint density at radius 3 is 0.882 bits per heavy atom. The molecule has 51 heavy (non-hydrogen) atoms. The van der Waals surface area contributed by atoms with Crippen LogP contribution in [0.5, 0.6) is 0 Å². The molecule has 0 N–H and O–H groups in total. The van der Waals surface area contributed by atoms with E-state index in [4.69, 9.17) is 23.7 Å². The third kappa shape index (κ3) is 34.7. The van der Waals surface area contributed by atoms with E-state index in [1.165, 1.54) is 64.2 Å². The highest BCUT2D eigenvalue weighted by atomic mass is 16.6. The summed E-state index contributed by atoms with van der Waals surface area (Å²) in [5.74, 6) is -1.34. The van der Waals surface area contributed by atoms with Crippen molar-refractivity contribution in [3.05, 3.63) is 0 Å². The molecule has 2 unspecified atom stereocenters. The van der Waals surface area contributed by atoms with Crippen LogP contribution in [0.25, 0.3) is 0 Å². The van der Waals surface area contributed by atoms with Crippen LogP contribution in [0.4, 0.5) is 0 Å². The van der Waals surface area contributed by atoms with Crippen LogP contribution in [-0.2, 0) is 42.9 Å². The van der Waals surface area contributed by atoms with Gasteiger partial charge in [0.15, 0.2) is 12.2 Å². The summed E-state index contributed by atoms with van der Waals surface area (Å²) >= 11 is 0. The number of hydrogen-bond donors (Lipinski definition) is 0. The average Bonchev–Trinajstić information content (AvgIpc) is 3.11. The first-order chi connectivity index (χ1) is 24.9. The normalized spacial score (nSPS) is 12.3. The highest BCUT2D eigenvalue weighted by molar-refractivity contribution is 5.71. The van der Waals surface area contributed by atoms with Crippen molar-refractivity contribution in [3.8, 4) is 0 Å². The molecule has 0 rings (SSSR count). The van der Waals surface area contributed by atoms with Gasteiger partial charge >= 0.3 is 23.9 Å². The topological polar surface area (TPSA) is 114 Å². The SMILES string of the molecule is CCCCCCCCC(=O)OCC(COCC(COC(=O)CCCCCCCC)OC(=O)CCCCCCCC)OC(=O)CCCCCCCC. The molecule has 0 aromatic carbocycles. The maximum atomic E-state index is 12.7. The van der Waals surface area contributed by atoms with Crippen LogP contribution in [0.1, 0.15) is 207 Å². The maximum absolute atomic E-state index is 12.7. The Balaban J connectivity index is 5.10. The lowest BCUT2D eigenvalue weighted by Crippen LogP contribution is -2.34. The summed E-state index contributed by atoms with van der Waals surface area (Å²) in [7, 11) is 0. The fourth-order valence-corrected chi connectivity index (χ4v) is 5.77. The van der Waals surface area contributed by atoms with E-state index in [1.807, 2.05) is 0 Å². The highest BCUT2D eigenvalue weighted by Gasteiger charge is 2.21. The Labute approximate surface area is 312 Å². The summed E-state index contributed by atoms with van der Waals surface area (Å²) < 4.78 is 28.3. The summed E-state index contributed by atoms with van der Waals surface area (Å²) in [6.45, 7) is 8.41. The molecule has 9 heteroatoms. The lowest BCUT2D eigenvalue weighted by Gasteiger charge is -2.21. The molecule has 0 radical (unpaired) electrons. The Bertz CT molecular complexity index is 765. The average molecular weight is 727 g/mol. The van der Waals surface area contributed by atoms with Gasteiger partial charge in [-0.05, 0) is 25.7 Å². The number of esters is 4. The van der Waals surface area contributed by atoms with Crippen molar-refractivity contribution >= 4 is 23.9 Å². The summed E-state index contributed by atoms with van der Waals surface area (Å²) in [5, 5.41) is 0. The summed E-state index contributed by atoms with van der Waals surface area (Å²) in [6, 6.07) is 0. The van der Waals surface area contributed by atoms with E-state index in [2.05, 4.69) is 27.7 Å². The predicted molar refractivity (Wildman–Crippen MR) is 204 cm³/mol. The van der Waals surface area contributed by atoms with Gasteiger partial charge in [0.2, 0.25) is 0 Å². The van der Waals surface area contributed by atoms with E-state index >= 15 is 0 Å². The Morgan fingerprint density at radius 2 is 0.588 bits per heavy atom. The first kappa shape index (κ1) is 48.8. The van der Waals surface area contributed by atoms with Gasteiger partial charge in [-0.1, -0.05) is 156 Å². The molecule has 0 saturated heterocycles. The van der Waals surface area contributed by atoms with Crippen molar-refractivity contribution in [3.63, 3.8) is 0 Å². The monoisotopic (exact) mass is 727 g/mol. The van der Waals surface area contributed by atoms with Crippen molar-refractivity contribution in [2.45, 2.75) is 220 Å². The third-order valence-electron chi connectivity index (χ3n) is 9.00. The quantitative estimate of drug-likeness (QED) is 0.0348. The second-order valence-corrected chi connectivity index (χ2v) is 14.2. The van der Waals surface area contributed by atoms with Crippen LogP contribution in [0, 0.1) is 0 Å². The summed E-state index contributed by atoms with van der Waals surface area (Å²) in [6.07, 6.45) is 25.1. The zero-order chi connectivity index (χ0) is 37.6. The minimum Gasteiger partial charge on any atom is -0.462 e. The first-order valence-electron chi connectivity index (χ1n) is 21.1. The predicted octanol–water partition coefficient (Wildman–Crippen LogP) is 10.9. The Kier molecular flexibility index (Phi) is 36.0. The molecule has 0 aliphatic carbocycles. The van der Waals surface area contributed by atoms with Gasteiger partial charge in [-0.15, -0.1) is 0 Å². The van der Waals surface area contributed by atoms with Gasteiger partial charge in [-0.25, -0.2) is 0 Å². The van der Waals surface area contributed by atoms with Gasteiger partial charge in [0.05, 0.1) is 13.2 Å². The second kappa shape index (κ2) is 37.6. The van der Waals surface area contributed by atoms with E-state index in [0.29, 0.717) is 25.7 Å². The number of carbonyl (C=O) groups is 4. The van der Waals surface area contributed by atoms with Gasteiger partial charge < -0.3 is 23.7 Å². The minimum atomic E-state index is -0.791. The van der Waals surface area contributed by atoms with Crippen molar-refractivity contribution in [1.29, 1.82) is 0 Å². The van der Waals surface area contributed by atoms with Crippen LogP contribution in [0.15, 0.2) is 0 Å². The minimum absolute atomic E-state index is 0.0380. The van der Waals surface area contributed by atoms with E-state index in [1.54, 1.807) is 0 Å². The standard InChI is InChI=1S/C42H78O9/c1-5-9-13-17-21-25-29-39(43)48-35-37(50-41(45)31-27-23-19-15-11-7-3)33-47-34-38(51-42(46)32-28-24-20-16-12-8-4)36-49-40(44)30-26-22-18-14-10-6-2/h37-38H,5-36H2,1-4H3. The molecule has 300 valence electrons. The highest BCUT2D eigenvalue weighted by Crippen LogP contribution is 2.13. The lowest BCUT2D eigenvalue weighted by molar-refractivity contribution is -0.169. The molecular formula is C42H78O9. The van der Waals surface area contributed by atoms with Crippen LogP contribution in [-0.4, -0.2) is 62.5 Å². The molecule has 0 heterocycles. The van der Waals surface area contributed by atoms with E-state index in [-0.39, 0.29) is 50.3 Å². The van der Waals surface area contributed by atoms with Gasteiger partial charge in [0, 0.05) is 25.7 Å². The molecule has 0 bridgehead atoms. The van der Waals surface area contributed by atoms with Gasteiger partial charge in [-0.3, -0.25) is 19.2 Å². The van der Waals surface area contributed by atoms with E-state index in [0.717, 1.165) is 89.9 Å². The van der Waals surface area contributed by atoms with Crippen LogP contribution in [0.2, 0.25) is 0 Å². The van der Waals surface area contributed by atoms with Crippen LogP contribution < -0.4 is 0 Å². The molecule has 0 aliphatic heterocycles. The number of ether oxygens (including phenoxy) is 5. The first-order valence-corrected chi connectivity index (χ1v) is 21.1. The molecule has 0 spiro atoms. The fourth-order valence-electron chi connectivity index (χ4n) is 5.77. The summed E-state index contributed by atoms with van der Waals surface area (Å²) in [5.41, 5.74) is 0. The van der Waals surface area contributed by atoms with Gasteiger partial charge in [0.25, 0.3) is 0 Å². The van der Waals surface area contributed by atoms with Crippen LogP contribution >= 0.6 is 0 Å². The molecular weight excluding hydrogens is 648 g/mol. The van der Waals surface area contributed by atoms with Crippen molar-refractivity contribution in [2.75, 3.05) is 26.4 Å². The Hall–Kier alpha value is -2.16.